The highest BCUT2D eigenvalue weighted by atomic mass is 32.2. The molecule has 0 aromatic heterocycles. The van der Waals surface area contributed by atoms with Gasteiger partial charge in [0.05, 0.1) is 12.0 Å². The Morgan fingerprint density at radius 2 is 1.93 bits per heavy atom. The van der Waals surface area contributed by atoms with E-state index in [0.29, 0.717) is 11.8 Å². The van der Waals surface area contributed by atoms with Gasteiger partial charge in [-0.2, -0.15) is 0 Å². The maximum absolute atomic E-state index is 12.5. The van der Waals surface area contributed by atoms with Crippen LogP contribution in [-0.4, -0.2) is 39.5 Å². The molecule has 1 aliphatic rings. The van der Waals surface area contributed by atoms with Crippen LogP contribution in [0.4, 0.5) is 0 Å². The fourth-order valence-electron chi connectivity index (χ4n) is 3.39. The lowest BCUT2D eigenvalue weighted by atomic mass is 9.78. The third-order valence-corrected chi connectivity index (χ3v) is 6.32. The van der Waals surface area contributed by atoms with E-state index in [1.54, 1.807) is 0 Å². The molecule has 156 valence electrons. The number of carbonyl (C=O) groups is 2. The number of hydrogen-bond donors (Lipinski definition) is 2. The second-order valence-corrected chi connectivity index (χ2v) is 8.90. The van der Waals surface area contributed by atoms with Crippen molar-refractivity contribution in [2.24, 2.45) is 17.0 Å². The number of ether oxygens (including phenoxy) is 2. The normalized spacial score (nSPS) is 23.5. The Kier molecular flexibility index (Phi) is 7.06. The van der Waals surface area contributed by atoms with Crippen LogP contribution in [0.2, 0.25) is 0 Å². The first-order valence-corrected chi connectivity index (χ1v) is 10.8. The topological polar surface area (TPSA) is 125 Å². The summed E-state index contributed by atoms with van der Waals surface area (Å²) in [4.78, 5) is 24.7. The largest absolute Gasteiger partial charge is 0.496 e. The Morgan fingerprint density at radius 3 is 2.54 bits per heavy atom. The fourth-order valence-corrected chi connectivity index (χ4v) is 3.93. The molecule has 0 saturated heterocycles. The number of sulfonamides is 1. The summed E-state index contributed by atoms with van der Waals surface area (Å²) in [5.41, 5.74) is -0.117. The van der Waals surface area contributed by atoms with E-state index in [9.17, 15) is 18.0 Å². The highest BCUT2D eigenvalue weighted by molar-refractivity contribution is 7.89. The lowest BCUT2D eigenvalue weighted by Gasteiger charge is -2.35. The van der Waals surface area contributed by atoms with Gasteiger partial charge in [-0.1, -0.05) is 26.7 Å². The van der Waals surface area contributed by atoms with Crippen molar-refractivity contribution in [1.29, 1.82) is 0 Å². The van der Waals surface area contributed by atoms with E-state index >= 15 is 0 Å². The number of primary sulfonamides is 1. The van der Waals surface area contributed by atoms with E-state index in [-0.39, 0.29) is 28.2 Å². The number of nitrogens with one attached hydrogen (secondary N) is 1. The smallest absolute Gasteiger partial charge is 0.342 e. The zero-order chi connectivity index (χ0) is 21.1. The van der Waals surface area contributed by atoms with Crippen LogP contribution in [-0.2, 0) is 19.6 Å². The lowest BCUT2D eigenvalue weighted by Crippen LogP contribution is -2.47. The van der Waals surface area contributed by atoms with Gasteiger partial charge in [0.25, 0.3) is 5.91 Å². The maximum Gasteiger partial charge on any atom is 0.342 e. The van der Waals surface area contributed by atoms with Gasteiger partial charge < -0.3 is 14.8 Å². The summed E-state index contributed by atoms with van der Waals surface area (Å²) in [6, 6.07) is 3.66. The highest BCUT2D eigenvalue weighted by Gasteiger charge is 2.30. The molecule has 0 radical (unpaired) electrons. The van der Waals surface area contributed by atoms with Gasteiger partial charge in [0.15, 0.2) is 6.10 Å². The van der Waals surface area contributed by atoms with Crippen LogP contribution in [0.3, 0.4) is 0 Å². The molecule has 8 nitrogen and oxygen atoms in total. The van der Waals surface area contributed by atoms with E-state index in [1.807, 2.05) is 0 Å². The SMILES string of the molecule is COc1ccc(S(N)(=O)=O)cc1C(=O)O[C@H](C)C(=O)N[C@@H]1CCC[C@@H](C)[C@H]1C. The van der Waals surface area contributed by atoms with E-state index in [4.69, 9.17) is 14.6 Å². The van der Waals surface area contributed by atoms with E-state index in [0.717, 1.165) is 25.3 Å². The average Bonchev–Trinajstić information content (AvgIpc) is 2.63. The molecule has 0 heterocycles. The standard InChI is InChI=1S/C19H28N2O6S/c1-11-6-5-7-16(12(11)2)21-18(22)13(3)27-19(23)15-10-14(28(20,24)25)8-9-17(15)26-4/h8-13,16H,5-7H2,1-4H3,(H,21,22)(H2,20,24,25)/t11-,12-,13-,16-/m1/s1. The molecule has 28 heavy (non-hydrogen) atoms. The number of methoxy groups -OCH3 is 1. The number of benzene rings is 1. The predicted molar refractivity (Wildman–Crippen MR) is 103 cm³/mol. The van der Waals surface area contributed by atoms with Crippen molar-refractivity contribution in [3.8, 4) is 5.75 Å². The highest BCUT2D eigenvalue weighted by Crippen LogP contribution is 2.29. The summed E-state index contributed by atoms with van der Waals surface area (Å²) in [6.07, 6.45) is 2.03. The molecule has 4 atom stereocenters. The van der Waals surface area contributed by atoms with Gasteiger partial charge in [-0.05, 0) is 43.4 Å². The molecular weight excluding hydrogens is 384 g/mol. The second kappa shape index (κ2) is 8.91. The molecule has 3 N–H and O–H groups in total. The summed E-state index contributed by atoms with van der Waals surface area (Å²) in [5.74, 6) is -0.273. The van der Waals surface area contributed by atoms with Crippen molar-refractivity contribution >= 4 is 21.9 Å². The maximum atomic E-state index is 12.5. The van der Waals surface area contributed by atoms with Crippen molar-refractivity contribution in [2.75, 3.05) is 7.11 Å². The summed E-state index contributed by atoms with van der Waals surface area (Å²) in [6.45, 7) is 5.74. The minimum absolute atomic E-state index is 0.0395. The molecule has 0 unspecified atom stereocenters. The molecule has 1 saturated carbocycles. The minimum atomic E-state index is -4.00. The second-order valence-electron chi connectivity index (χ2n) is 7.34. The van der Waals surface area contributed by atoms with Gasteiger partial charge in [-0.25, -0.2) is 18.4 Å². The summed E-state index contributed by atoms with van der Waals surface area (Å²) in [7, 11) is -2.66. The molecule has 1 aromatic rings. The first-order chi connectivity index (χ1) is 13.0. The van der Waals surface area contributed by atoms with E-state index < -0.39 is 22.1 Å². The zero-order valence-corrected chi connectivity index (χ0v) is 17.4. The molecule has 1 aliphatic carbocycles. The summed E-state index contributed by atoms with van der Waals surface area (Å²) >= 11 is 0. The molecule has 0 aliphatic heterocycles. The third kappa shape index (κ3) is 5.23. The van der Waals surface area contributed by atoms with Crippen molar-refractivity contribution in [3.63, 3.8) is 0 Å². The molecule has 0 bridgehead atoms. The molecule has 1 amide bonds. The van der Waals surface area contributed by atoms with Gasteiger partial charge in [-0.3, -0.25) is 4.79 Å². The molecular formula is C19H28N2O6S. The van der Waals surface area contributed by atoms with Crippen LogP contribution < -0.4 is 15.2 Å². The minimum Gasteiger partial charge on any atom is -0.496 e. The van der Waals surface area contributed by atoms with Crippen LogP contribution in [0, 0.1) is 11.8 Å². The molecule has 0 spiro atoms. The Bertz CT molecular complexity index is 839. The fraction of sp³-hybridized carbons (Fsp3) is 0.579. The van der Waals surface area contributed by atoms with Crippen LogP contribution in [0.5, 0.6) is 5.75 Å². The monoisotopic (exact) mass is 412 g/mol. The number of nitrogens with two attached hydrogens (primary N) is 1. The van der Waals surface area contributed by atoms with E-state index in [1.165, 1.54) is 26.2 Å². The zero-order valence-electron chi connectivity index (χ0n) is 16.6. The van der Waals surface area contributed by atoms with Crippen LogP contribution in [0.1, 0.15) is 50.4 Å². The van der Waals surface area contributed by atoms with E-state index in [2.05, 4.69) is 19.2 Å². The Labute approximate surface area is 165 Å². The van der Waals surface area contributed by atoms with Gasteiger partial charge in [0.2, 0.25) is 10.0 Å². The lowest BCUT2D eigenvalue weighted by molar-refractivity contribution is -0.130. The number of esters is 1. The Balaban J connectivity index is 2.10. The molecule has 1 fully saturated rings. The van der Waals surface area contributed by atoms with Gasteiger partial charge in [0, 0.05) is 6.04 Å². The van der Waals surface area contributed by atoms with Gasteiger partial charge in [-0.15, -0.1) is 0 Å². The number of hydrogen-bond acceptors (Lipinski definition) is 6. The van der Waals surface area contributed by atoms with Crippen molar-refractivity contribution in [1.82, 2.24) is 5.32 Å². The molecule has 2 rings (SSSR count). The van der Waals surface area contributed by atoms with Crippen molar-refractivity contribution in [3.05, 3.63) is 23.8 Å². The van der Waals surface area contributed by atoms with Crippen molar-refractivity contribution < 1.29 is 27.5 Å². The van der Waals surface area contributed by atoms with Crippen LogP contribution in [0.25, 0.3) is 0 Å². The average molecular weight is 413 g/mol. The Morgan fingerprint density at radius 1 is 1.25 bits per heavy atom. The van der Waals surface area contributed by atoms with Gasteiger partial charge in [0.1, 0.15) is 11.3 Å². The molecule has 1 aromatic carbocycles. The van der Waals surface area contributed by atoms with Crippen molar-refractivity contribution in [2.45, 2.75) is 57.1 Å². The number of rotatable bonds is 6. The van der Waals surface area contributed by atoms with Gasteiger partial charge >= 0.3 is 5.97 Å². The predicted octanol–water partition coefficient (Wildman–Crippen LogP) is 1.83. The van der Waals surface area contributed by atoms with Crippen LogP contribution >= 0.6 is 0 Å². The first-order valence-electron chi connectivity index (χ1n) is 9.26. The summed E-state index contributed by atoms with van der Waals surface area (Å²) in [5, 5.41) is 8.07. The molecule has 9 heteroatoms. The van der Waals surface area contributed by atoms with Crippen LogP contribution in [0.15, 0.2) is 23.1 Å². The summed E-state index contributed by atoms with van der Waals surface area (Å²) < 4.78 is 33.4. The number of amides is 1. The number of carbonyl (C=O) groups excluding carboxylic acids is 2. The third-order valence-electron chi connectivity index (χ3n) is 5.41. The quantitative estimate of drug-likeness (QED) is 0.687. The Hall–Kier alpha value is -2.13. The first kappa shape index (κ1) is 22.2.